The zero-order valence-electron chi connectivity index (χ0n) is 14.1. The van der Waals surface area contributed by atoms with Gasteiger partial charge in [0.15, 0.2) is 0 Å². The Kier molecular flexibility index (Phi) is 4.26. The highest BCUT2D eigenvalue weighted by molar-refractivity contribution is 5.93. The normalized spacial score (nSPS) is 22.9. The first kappa shape index (κ1) is 15.9. The molecule has 0 radical (unpaired) electrons. The number of carbonyl (C=O) groups is 2. The van der Waals surface area contributed by atoms with Crippen LogP contribution in [-0.4, -0.2) is 22.8 Å². The molecule has 1 saturated carbocycles. The van der Waals surface area contributed by atoms with Crippen molar-refractivity contribution in [2.75, 3.05) is 0 Å². The molecule has 2 fully saturated rings. The van der Waals surface area contributed by atoms with Crippen molar-refractivity contribution in [2.45, 2.75) is 37.9 Å². The zero-order chi connectivity index (χ0) is 17.2. The van der Waals surface area contributed by atoms with Gasteiger partial charge in [-0.15, -0.1) is 0 Å². The predicted molar refractivity (Wildman–Crippen MR) is 95.4 cm³/mol. The number of nitrogens with one attached hydrogen (secondary N) is 1. The summed E-state index contributed by atoms with van der Waals surface area (Å²) in [7, 11) is 0. The first-order valence-electron chi connectivity index (χ1n) is 8.94. The van der Waals surface area contributed by atoms with Crippen LogP contribution in [0.5, 0.6) is 0 Å². The molecule has 2 aliphatic rings. The maximum atomic E-state index is 13.0. The molecule has 4 heteroatoms. The summed E-state index contributed by atoms with van der Waals surface area (Å²) in [5, 5.41) is 3.01. The van der Waals surface area contributed by atoms with Crippen LogP contribution in [0.4, 0.5) is 0 Å². The first-order chi connectivity index (χ1) is 12.3. The van der Waals surface area contributed by atoms with E-state index in [9.17, 15) is 9.59 Å². The predicted octanol–water partition coefficient (Wildman–Crippen LogP) is 3.06. The molecule has 2 aromatic carbocycles. The Hall–Kier alpha value is -2.62. The number of fused-ring (bicyclic) bond motifs is 1. The van der Waals surface area contributed by atoms with Crippen LogP contribution in [0.3, 0.4) is 0 Å². The highest BCUT2D eigenvalue weighted by Crippen LogP contribution is 2.44. The van der Waals surface area contributed by atoms with E-state index in [0.29, 0.717) is 6.54 Å². The van der Waals surface area contributed by atoms with E-state index < -0.39 is 6.04 Å². The second-order valence-corrected chi connectivity index (χ2v) is 6.87. The molecule has 1 heterocycles. The van der Waals surface area contributed by atoms with E-state index in [1.54, 1.807) is 0 Å². The van der Waals surface area contributed by atoms with Gasteiger partial charge in [0.1, 0.15) is 6.04 Å². The minimum absolute atomic E-state index is 0.103. The highest BCUT2D eigenvalue weighted by atomic mass is 16.2. The van der Waals surface area contributed by atoms with Gasteiger partial charge in [0, 0.05) is 12.6 Å². The number of β-lactam (4-membered cyclic amide) rings is 1. The standard InChI is InChI=1S/C21H22N2O2/c24-20(22-14-15-8-3-1-4-9-15)19(16-10-5-2-6-11-16)23-18-13-7-12-17(18)21(23)25/h1-6,8-11,17-19H,7,12-14H2,(H,22,24)/t17-,18+,19?/m1/s1. The highest BCUT2D eigenvalue weighted by Gasteiger charge is 2.53. The SMILES string of the molecule is O=C(NCc1ccccc1)C(c1ccccc1)N1C(=O)[C@@H]2CCC[C@@H]21. The first-order valence-corrected chi connectivity index (χ1v) is 8.94. The molecule has 25 heavy (non-hydrogen) atoms. The third-order valence-electron chi connectivity index (χ3n) is 5.36. The number of nitrogens with zero attached hydrogens (tertiary/aromatic N) is 1. The molecule has 1 aliphatic heterocycles. The van der Waals surface area contributed by atoms with Crippen molar-refractivity contribution >= 4 is 11.8 Å². The van der Waals surface area contributed by atoms with E-state index in [1.807, 2.05) is 65.6 Å². The molecule has 128 valence electrons. The second kappa shape index (κ2) is 6.71. The van der Waals surface area contributed by atoms with Crippen molar-refractivity contribution in [3.05, 3.63) is 71.8 Å². The number of hydrogen-bond donors (Lipinski definition) is 1. The molecule has 1 N–H and O–H groups in total. The lowest BCUT2D eigenvalue weighted by Gasteiger charge is -2.47. The summed E-state index contributed by atoms with van der Waals surface area (Å²) in [5.74, 6) is 0.160. The number of amides is 2. The van der Waals surface area contributed by atoms with Crippen molar-refractivity contribution in [3.8, 4) is 0 Å². The van der Waals surface area contributed by atoms with E-state index in [0.717, 1.165) is 30.4 Å². The van der Waals surface area contributed by atoms with Gasteiger partial charge < -0.3 is 10.2 Å². The molecule has 3 atom stereocenters. The van der Waals surface area contributed by atoms with Gasteiger partial charge in [-0.3, -0.25) is 9.59 Å². The number of likely N-dealkylation sites (tertiary alicyclic amines) is 1. The average Bonchev–Trinajstić information content (AvgIpc) is 3.10. The Morgan fingerprint density at radius 1 is 1.04 bits per heavy atom. The van der Waals surface area contributed by atoms with Crippen LogP contribution in [0.25, 0.3) is 0 Å². The van der Waals surface area contributed by atoms with E-state index in [1.165, 1.54) is 0 Å². The number of benzene rings is 2. The maximum absolute atomic E-state index is 13.0. The molecule has 2 aromatic rings. The average molecular weight is 334 g/mol. The Morgan fingerprint density at radius 2 is 1.72 bits per heavy atom. The Labute approximate surface area is 147 Å². The van der Waals surface area contributed by atoms with Gasteiger partial charge >= 0.3 is 0 Å². The monoisotopic (exact) mass is 334 g/mol. The van der Waals surface area contributed by atoms with Crippen LogP contribution >= 0.6 is 0 Å². The molecule has 0 spiro atoms. The fraction of sp³-hybridized carbons (Fsp3) is 0.333. The summed E-state index contributed by atoms with van der Waals surface area (Å²) in [6.45, 7) is 0.471. The van der Waals surface area contributed by atoms with Crippen molar-refractivity contribution in [2.24, 2.45) is 5.92 Å². The van der Waals surface area contributed by atoms with Crippen molar-refractivity contribution in [1.82, 2.24) is 10.2 Å². The van der Waals surface area contributed by atoms with E-state index >= 15 is 0 Å². The quantitative estimate of drug-likeness (QED) is 0.855. The topological polar surface area (TPSA) is 49.4 Å². The largest absolute Gasteiger partial charge is 0.350 e. The van der Waals surface area contributed by atoms with Gasteiger partial charge in [0.2, 0.25) is 11.8 Å². The van der Waals surface area contributed by atoms with Crippen molar-refractivity contribution in [1.29, 1.82) is 0 Å². The van der Waals surface area contributed by atoms with Gasteiger partial charge in [0.05, 0.1) is 5.92 Å². The van der Waals surface area contributed by atoms with Crippen LogP contribution < -0.4 is 5.32 Å². The maximum Gasteiger partial charge on any atom is 0.247 e. The van der Waals surface area contributed by atoms with Crippen LogP contribution in [-0.2, 0) is 16.1 Å². The summed E-state index contributed by atoms with van der Waals surface area (Å²) in [6, 6.07) is 19.2. The molecule has 1 unspecified atom stereocenters. The Bertz CT molecular complexity index is 760. The summed E-state index contributed by atoms with van der Waals surface area (Å²) in [4.78, 5) is 27.4. The molecular weight excluding hydrogens is 312 g/mol. The summed E-state index contributed by atoms with van der Waals surface area (Å²) < 4.78 is 0. The van der Waals surface area contributed by atoms with Crippen LogP contribution in [0.15, 0.2) is 60.7 Å². The molecule has 0 bridgehead atoms. The smallest absolute Gasteiger partial charge is 0.247 e. The fourth-order valence-corrected chi connectivity index (χ4v) is 4.11. The van der Waals surface area contributed by atoms with Crippen LogP contribution in [0, 0.1) is 5.92 Å². The second-order valence-electron chi connectivity index (χ2n) is 6.87. The minimum atomic E-state index is -0.531. The Balaban J connectivity index is 1.55. The van der Waals surface area contributed by atoms with E-state index in [2.05, 4.69) is 5.32 Å². The van der Waals surface area contributed by atoms with Crippen molar-refractivity contribution < 1.29 is 9.59 Å². The zero-order valence-corrected chi connectivity index (χ0v) is 14.1. The van der Waals surface area contributed by atoms with E-state index in [4.69, 9.17) is 0 Å². The number of carbonyl (C=O) groups excluding carboxylic acids is 2. The molecule has 2 amide bonds. The number of rotatable bonds is 5. The number of hydrogen-bond acceptors (Lipinski definition) is 2. The van der Waals surface area contributed by atoms with Gasteiger partial charge in [-0.1, -0.05) is 67.1 Å². The van der Waals surface area contributed by atoms with Crippen LogP contribution in [0.2, 0.25) is 0 Å². The summed E-state index contributed by atoms with van der Waals surface area (Å²) in [5.41, 5.74) is 1.93. The van der Waals surface area contributed by atoms with E-state index in [-0.39, 0.29) is 23.8 Å². The fourth-order valence-electron chi connectivity index (χ4n) is 4.11. The molecule has 0 aromatic heterocycles. The summed E-state index contributed by atoms with van der Waals surface area (Å²) in [6.07, 6.45) is 3.05. The van der Waals surface area contributed by atoms with Gasteiger partial charge in [-0.25, -0.2) is 0 Å². The third-order valence-corrected chi connectivity index (χ3v) is 5.36. The molecule has 1 saturated heterocycles. The van der Waals surface area contributed by atoms with Crippen molar-refractivity contribution in [3.63, 3.8) is 0 Å². The minimum Gasteiger partial charge on any atom is -0.350 e. The lowest BCUT2D eigenvalue weighted by atomic mass is 9.86. The molecule has 4 rings (SSSR count). The van der Waals surface area contributed by atoms with Gasteiger partial charge in [0.25, 0.3) is 0 Å². The van der Waals surface area contributed by atoms with Gasteiger partial charge in [-0.2, -0.15) is 0 Å². The lowest BCUT2D eigenvalue weighted by Crippen LogP contribution is -2.61. The molecule has 4 nitrogen and oxygen atoms in total. The third kappa shape index (κ3) is 2.93. The molecule has 1 aliphatic carbocycles. The molecular formula is C21H22N2O2. The Morgan fingerprint density at radius 3 is 2.44 bits per heavy atom. The lowest BCUT2D eigenvalue weighted by molar-refractivity contribution is -0.162. The summed E-state index contributed by atoms with van der Waals surface area (Å²) >= 11 is 0. The van der Waals surface area contributed by atoms with Crippen LogP contribution in [0.1, 0.15) is 36.4 Å². The van der Waals surface area contributed by atoms with Gasteiger partial charge in [-0.05, 0) is 24.0 Å².